The molecule has 0 spiro atoms. The molecule has 2 aromatic carbocycles. The van der Waals surface area contributed by atoms with Gasteiger partial charge in [0, 0.05) is 41.2 Å². The van der Waals surface area contributed by atoms with Gasteiger partial charge < -0.3 is 4.57 Å². The van der Waals surface area contributed by atoms with Gasteiger partial charge in [0.15, 0.2) is 7.05 Å². The van der Waals surface area contributed by atoms with Crippen molar-refractivity contribution in [3.63, 3.8) is 0 Å². The highest BCUT2D eigenvalue weighted by Gasteiger charge is 2.34. The second-order valence-electron chi connectivity index (χ2n) is 6.99. The number of pyridine rings is 1. The molecule has 0 amide bonds. The fraction of sp³-hybridized carbons (Fsp3) is 0.182. The number of fused-ring (bicyclic) bond motifs is 4. The summed E-state index contributed by atoms with van der Waals surface area (Å²) in [5.41, 5.74) is 5.68. The van der Waals surface area contributed by atoms with E-state index in [9.17, 15) is 0 Å². The van der Waals surface area contributed by atoms with Gasteiger partial charge in [-0.3, -0.25) is 0 Å². The van der Waals surface area contributed by atoms with Crippen LogP contribution < -0.4 is 4.58 Å². The van der Waals surface area contributed by atoms with Crippen molar-refractivity contribution in [1.82, 2.24) is 14.1 Å². The van der Waals surface area contributed by atoms with Gasteiger partial charge >= 0.3 is 6.01 Å². The largest absolute Gasteiger partial charge is 0.496 e. The van der Waals surface area contributed by atoms with Crippen LogP contribution in [0.1, 0.15) is 19.9 Å². The van der Waals surface area contributed by atoms with E-state index in [0.717, 1.165) is 22.7 Å². The summed E-state index contributed by atoms with van der Waals surface area (Å²) in [6.45, 7) is 4.42. The SMILES string of the molecule is CC(C)n1c2ncccc2c2cccc([N+]3=C=[N+](C)c4ccccc43)c21. The van der Waals surface area contributed by atoms with Gasteiger partial charge in [0.05, 0.1) is 0 Å². The predicted molar refractivity (Wildman–Crippen MR) is 106 cm³/mol. The monoisotopic (exact) mass is 340 g/mol. The molecule has 26 heavy (non-hydrogen) atoms. The van der Waals surface area contributed by atoms with Gasteiger partial charge in [0.1, 0.15) is 11.2 Å². The molecule has 0 N–H and O–H groups in total. The molecule has 0 bridgehead atoms. The molecule has 2 aromatic heterocycles. The minimum atomic E-state index is 0.307. The van der Waals surface area contributed by atoms with Crippen molar-refractivity contribution in [3.8, 4) is 0 Å². The van der Waals surface area contributed by atoms with Crippen molar-refractivity contribution in [2.24, 2.45) is 0 Å². The van der Waals surface area contributed by atoms with E-state index in [2.05, 4.69) is 87.1 Å². The number of hydrogen-bond acceptors (Lipinski definition) is 1. The van der Waals surface area contributed by atoms with E-state index in [1.165, 1.54) is 16.3 Å². The Morgan fingerprint density at radius 3 is 2.42 bits per heavy atom. The zero-order valence-electron chi connectivity index (χ0n) is 15.1. The molecular formula is C22H20N4+2. The fourth-order valence-electron chi connectivity index (χ4n) is 3.97. The number of benzene rings is 2. The summed E-state index contributed by atoms with van der Waals surface area (Å²) in [4.78, 5) is 4.68. The predicted octanol–water partition coefficient (Wildman–Crippen LogP) is 5.07. The van der Waals surface area contributed by atoms with Crippen molar-refractivity contribution in [2.75, 3.05) is 7.05 Å². The summed E-state index contributed by atoms with van der Waals surface area (Å²) in [5, 5.41) is 2.42. The molecule has 0 unspecified atom stereocenters. The lowest BCUT2D eigenvalue weighted by Gasteiger charge is -2.10. The van der Waals surface area contributed by atoms with E-state index < -0.39 is 0 Å². The summed E-state index contributed by atoms with van der Waals surface area (Å²) in [6, 6.07) is 22.8. The van der Waals surface area contributed by atoms with Crippen molar-refractivity contribution >= 4 is 45.0 Å². The molecule has 0 saturated carbocycles. The number of nitrogens with zero attached hydrogens (tertiary/aromatic N) is 4. The molecular weight excluding hydrogens is 320 g/mol. The van der Waals surface area contributed by atoms with Gasteiger partial charge in [-0.1, -0.05) is 28.8 Å². The summed E-state index contributed by atoms with van der Waals surface area (Å²) >= 11 is 0. The van der Waals surface area contributed by atoms with Gasteiger partial charge in [0.25, 0.3) is 17.1 Å². The lowest BCUT2D eigenvalue weighted by Crippen LogP contribution is -2.06. The lowest BCUT2D eigenvalue weighted by molar-refractivity contribution is -0.394. The highest BCUT2D eigenvalue weighted by Crippen LogP contribution is 2.39. The fourth-order valence-corrected chi connectivity index (χ4v) is 3.97. The summed E-state index contributed by atoms with van der Waals surface area (Å²) in [5.74, 6) is 0. The number of rotatable bonds is 2. The Kier molecular flexibility index (Phi) is 3.12. The maximum absolute atomic E-state index is 4.68. The van der Waals surface area contributed by atoms with E-state index in [-0.39, 0.29) is 0 Å². The van der Waals surface area contributed by atoms with E-state index in [1.54, 1.807) is 0 Å². The highest BCUT2D eigenvalue weighted by molar-refractivity contribution is 6.11. The minimum Gasteiger partial charge on any atom is -0.317 e. The van der Waals surface area contributed by atoms with Gasteiger partial charge in [-0.25, -0.2) is 4.98 Å². The third kappa shape index (κ3) is 1.94. The quantitative estimate of drug-likeness (QED) is 0.468. The number of aromatic nitrogens is 2. The van der Waals surface area contributed by atoms with Crippen LogP contribution in [0.25, 0.3) is 21.9 Å². The molecule has 4 heteroatoms. The maximum Gasteiger partial charge on any atom is 0.496 e. The molecule has 1 aliphatic heterocycles. The topological polar surface area (TPSA) is 23.8 Å². The van der Waals surface area contributed by atoms with Crippen LogP contribution in [0.15, 0.2) is 60.8 Å². The summed E-state index contributed by atoms with van der Waals surface area (Å²) < 4.78 is 6.55. The third-order valence-corrected chi connectivity index (χ3v) is 5.05. The molecule has 4 nitrogen and oxygen atoms in total. The van der Waals surface area contributed by atoms with Crippen molar-refractivity contribution in [1.29, 1.82) is 0 Å². The molecule has 0 atom stereocenters. The standard InChI is InChI=1S/C22H20N4/c1-15(2)26-21-16(17-9-7-13-23-22(17)26)8-6-12-20(21)25-14-24(3)18-10-4-5-11-19(18)25/h4-13,15H,1-3H3/q+2. The first kappa shape index (κ1) is 15.1. The second-order valence-corrected chi connectivity index (χ2v) is 6.99. The first-order chi connectivity index (χ1) is 12.7. The third-order valence-electron chi connectivity index (χ3n) is 5.05. The molecule has 0 aliphatic carbocycles. The van der Waals surface area contributed by atoms with Gasteiger partial charge in [-0.05, 0) is 30.6 Å². The van der Waals surface area contributed by atoms with Crippen LogP contribution in [-0.2, 0) is 0 Å². The van der Waals surface area contributed by atoms with Crippen LogP contribution in [0.3, 0.4) is 0 Å². The smallest absolute Gasteiger partial charge is 0.317 e. The average Bonchev–Trinajstić information content (AvgIpc) is 3.17. The Morgan fingerprint density at radius 1 is 0.885 bits per heavy atom. The van der Waals surface area contributed by atoms with Gasteiger partial charge in [-0.2, -0.15) is 0 Å². The minimum absolute atomic E-state index is 0.307. The Bertz CT molecular complexity index is 1250. The van der Waals surface area contributed by atoms with Gasteiger partial charge in [0.2, 0.25) is 0 Å². The zero-order chi connectivity index (χ0) is 17.8. The number of hydrogen-bond donors (Lipinski definition) is 0. The van der Waals surface area contributed by atoms with E-state index in [4.69, 9.17) is 0 Å². The molecule has 0 saturated heterocycles. The Morgan fingerprint density at radius 2 is 1.62 bits per heavy atom. The molecule has 126 valence electrons. The lowest BCUT2D eigenvalue weighted by atomic mass is 10.1. The van der Waals surface area contributed by atoms with Crippen molar-refractivity contribution in [2.45, 2.75) is 19.9 Å². The van der Waals surface area contributed by atoms with Crippen LogP contribution >= 0.6 is 0 Å². The summed E-state index contributed by atoms with van der Waals surface area (Å²) in [6.07, 6.45) is 1.87. The van der Waals surface area contributed by atoms with Crippen LogP contribution in [0.5, 0.6) is 0 Å². The van der Waals surface area contributed by atoms with E-state index in [1.807, 2.05) is 19.3 Å². The molecule has 0 fully saturated rings. The second kappa shape index (κ2) is 5.38. The first-order valence-electron chi connectivity index (χ1n) is 8.93. The molecule has 1 aliphatic rings. The Balaban J connectivity index is 1.94. The van der Waals surface area contributed by atoms with E-state index in [0.29, 0.717) is 6.04 Å². The van der Waals surface area contributed by atoms with Crippen LogP contribution in [0.2, 0.25) is 0 Å². The van der Waals surface area contributed by atoms with Crippen LogP contribution in [0, 0.1) is 0 Å². The molecule has 5 rings (SSSR count). The molecule has 0 radical (unpaired) electrons. The highest BCUT2D eigenvalue weighted by atomic mass is 15.2. The summed E-state index contributed by atoms with van der Waals surface area (Å²) in [7, 11) is 2.04. The maximum atomic E-state index is 4.68. The van der Waals surface area contributed by atoms with Gasteiger partial charge in [-0.15, -0.1) is 0 Å². The molecule has 4 aromatic rings. The molecule has 3 heterocycles. The Labute approximate surface area is 152 Å². The normalized spacial score (nSPS) is 13.4. The number of para-hydroxylation sites is 3. The first-order valence-corrected chi connectivity index (χ1v) is 8.93. The van der Waals surface area contributed by atoms with Crippen molar-refractivity contribution < 1.29 is 4.58 Å². The Hall–Kier alpha value is -3.23. The van der Waals surface area contributed by atoms with Crippen molar-refractivity contribution in [3.05, 3.63) is 60.8 Å². The van der Waals surface area contributed by atoms with Crippen LogP contribution in [-0.4, -0.2) is 27.2 Å². The van der Waals surface area contributed by atoms with E-state index >= 15 is 0 Å². The average molecular weight is 340 g/mol. The van der Waals surface area contributed by atoms with Crippen LogP contribution in [0.4, 0.5) is 17.1 Å². The zero-order valence-corrected chi connectivity index (χ0v) is 15.1.